The molecule has 2 aromatic carbocycles. The Bertz CT molecular complexity index is 1010. The summed E-state index contributed by atoms with van der Waals surface area (Å²) in [6, 6.07) is 14.1. The van der Waals surface area contributed by atoms with Crippen molar-refractivity contribution in [1.82, 2.24) is 10.2 Å². The van der Waals surface area contributed by atoms with Crippen LogP contribution in [0.1, 0.15) is 30.4 Å². The molecule has 3 atom stereocenters. The molecule has 174 valence electrons. The van der Waals surface area contributed by atoms with Gasteiger partial charge in [-0.3, -0.25) is 4.79 Å². The number of carboxylic acids is 1. The number of amides is 2. The topological polar surface area (TPSA) is 105 Å². The van der Waals surface area contributed by atoms with E-state index in [-0.39, 0.29) is 25.0 Å². The number of benzene rings is 2. The van der Waals surface area contributed by atoms with Gasteiger partial charge in [-0.25, -0.2) is 9.59 Å². The average molecular weight is 453 g/mol. The van der Waals surface area contributed by atoms with E-state index in [2.05, 4.69) is 17.4 Å². The van der Waals surface area contributed by atoms with E-state index < -0.39 is 30.1 Å². The lowest BCUT2D eigenvalue weighted by Gasteiger charge is -2.28. The fourth-order valence-corrected chi connectivity index (χ4v) is 4.89. The number of hydrogen-bond donors (Lipinski definition) is 2. The zero-order valence-corrected chi connectivity index (χ0v) is 18.7. The molecule has 0 bridgehead atoms. The van der Waals surface area contributed by atoms with Crippen molar-refractivity contribution in [1.29, 1.82) is 0 Å². The Morgan fingerprint density at radius 1 is 1.09 bits per heavy atom. The van der Waals surface area contributed by atoms with Gasteiger partial charge in [-0.05, 0) is 34.6 Å². The van der Waals surface area contributed by atoms with Crippen molar-refractivity contribution in [3.63, 3.8) is 0 Å². The van der Waals surface area contributed by atoms with Crippen molar-refractivity contribution >= 4 is 18.0 Å². The van der Waals surface area contributed by atoms with Crippen LogP contribution >= 0.6 is 0 Å². The summed E-state index contributed by atoms with van der Waals surface area (Å²) in [6.07, 6.45) is -0.153. The Kier molecular flexibility index (Phi) is 6.65. The van der Waals surface area contributed by atoms with Crippen LogP contribution in [0.3, 0.4) is 0 Å². The van der Waals surface area contributed by atoms with Crippen LogP contribution in [0.4, 0.5) is 4.79 Å². The van der Waals surface area contributed by atoms with E-state index in [4.69, 9.17) is 9.47 Å². The summed E-state index contributed by atoms with van der Waals surface area (Å²) >= 11 is 0. The van der Waals surface area contributed by atoms with Gasteiger partial charge in [-0.1, -0.05) is 55.5 Å². The lowest BCUT2D eigenvalue weighted by atomic mass is 9.98. The smallest absolute Gasteiger partial charge is 0.407 e. The molecule has 1 saturated heterocycles. The highest BCUT2D eigenvalue weighted by molar-refractivity contribution is 5.90. The highest BCUT2D eigenvalue weighted by Crippen LogP contribution is 2.44. The van der Waals surface area contributed by atoms with Crippen LogP contribution in [0.2, 0.25) is 0 Å². The molecular formula is C25H28N2O6. The number of nitrogens with one attached hydrogen (secondary N) is 1. The number of fused-ring (bicyclic) bond motifs is 3. The maximum atomic E-state index is 13.0. The first-order valence-electron chi connectivity index (χ1n) is 11.1. The number of carbonyl (C=O) groups is 3. The Morgan fingerprint density at radius 2 is 1.70 bits per heavy atom. The summed E-state index contributed by atoms with van der Waals surface area (Å²) in [7, 11) is 1.42. The Hall–Kier alpha value is -3.39. The zero-order valence-electron chi connectivity index (χ0n) is 18.7. The minimum absolute atomic E-state index is 0.0831. The third kappa shape index (κ3) is 4.43. The van der Waals surface area contributed by atoms with Crippen LogP contribution in [-0.2, 0) is 19.1 Å². The van der Waals surface area contributed by atoms with Gasteiger partial charge in [0.2, 0.25) is 5.91 Å². The van der Waals surface area contributed by atoms with Crippen molar-refractivity contribution in [2.45, 2.75) is 31.3 Å². The molecule has 0 radical (unpaired) electrons. The molecule has 8 nitrogen and oxygen atoms in total. The van der Waals surface area contributed by atoms with Crippen LogP contribution in [0.5, 0.6) is 0 Å². The number of hydrogen-bond acceptors (Lipinski definition) is 5. The molecule has 2 amide bonds. The van der Waals surface area contributed by atoms with Crippen LogP contribution < -0.4 is 5.32 Å². The maximum absolute atomic E-state index is 13.0. The zero-order chi connectivity index (χ0) is 23.5. The summed E-state index contributed by atoms with van der Waals surface area (Å²) in [4.78, 5) is 38.6. The molecule has 0 saturated carbocycles. The minimum atomic E-state index is -1.05. The Balaban J connectivity index is 1.43. The number of rotatable bonds is 7. The van der Waals surface area contributed by atoms with Crippen molar-refractivity contribution < 1.29 is 29.0 Å². The molecule has 1 aliphatic carbocycles. The molecule has 8 heteroatoms. The molecule has 0 spiro atoms. The van der Waals surface area contributed by atoms with Crippen LogP contribution in [-0.4, -0.2) is 66.9 Å². The Labute approximate surface area is 192 Å². The minimum Gasteiger partial charge on any atom is -0.480 e. The molecule has 2 aromatic rings. The number of methoxy groups -OCH3 is 1. The van der Waals surface area contributed by atoms with Gasteiger partial charge >= 0.3 is 12.1 Å². The fraction of sp³-hybridized carbons (Fsp3) is 0.400. The monoisotopic (exact) mass is 452 g/mol. The highest BCUT2D eigenvalue weighted by Gasteiger charge is 2.42. The number of aliphatic carboxylic acids is 1. The first kappa shape index (κ1) is 22.8. The molecule has 33 heavy (non-hydrogen) atoms. The van der Waals surface area contributed by atoms with E-state index in [1.807, 2.05) is 36.4 Å². The second-order valence-electron chi connectivity index (χ2n) is 8.56. The molecule has 0 aromatic heterocycles. The molecule has 1 heterocycles. The van der Waals surface area contributed by atoms with Gasteiger partial charge in [0.15, 0.2) is 0 Å². The van der Waals surface area contributed by atoms with Gasteiger partial charge in [0, 0.05) is 19.6 Å². The third-order valence-corrected chi connectivity index (χ3v) is 6.50. The van der Waals surface area contributed by atoms with E-state index in [0.717, 1.165) is 22.3 Å². The number of ether oxygens (including phenoxy) is 2. The van der Waals surface area contributed by atoms with Gasteiger partial charge in [0.1, 0.15) is 18.7 Å². The molecule has 2 aliphatic rings. The fourth-order valence-electron chi connectivity index (χ4n) is 4.89. The predicted molar refractivity (Wildman–Crippen MR) is 121 cm³/mol. The Morgan fingerprint density at radius 3 is 2.27 bits per heavy atom. The normalized spacial score (nSPS) is 20.1. The third-order valence-electron chi connectivity index (χ3n) is 6.50. The standard InChI is InChI=1S/C25H28N2O6/c1-15-11-12-27(22(15)24(29)30)23(28)21(14-32-2)26-25(31)33-13-20-18-9-5-3-7-16(18)17-8-4-6-10-19(17)20/h3-10,15,20-22H,11-14H2,1-2H3,(H,26,31)(H,29,30). The largest absolute Gasteiger partial charge is 0.480 e. The molecule has 1 fully saturated rings. The number of nitrogens with zero attached hydrogens (tertiary/aromatic N) is 1. The predicted octanol–water partition coefficient (Wildman–Crippen LogP) is 2.86. The maximum Gasteiger partial charge on any atom is 0.407 e. The molecule has 1 aliphatic heterocycles. The number of alkyl carbamates (subject to hydrolysis) is 1. The van der Waals surface area contributed by atoms with Crippen LogP contribution in [0.15, 0.2) is 48.5 Å². The molecule has 3 unspecified atom stereocenters. The average Bonchev–Trinajstić information content (AvgIpc) is 3.35. The second-order valence-corrected chi connectivity index (χ2v) is 8.56. The van der Waals surface area contributed by atoms with Crippen molar-refractivity contribution in [3.05, 3.63) is 59.7 Å². The van der Waals surface area contributed by atoms with Crippen molar-refractivity contribution in [2.24, 2.45) is 5.92 Å². The summed E-state index contributed by atoms with van der Waals surface area (Å²) in [5.74, 6) is -1.80. The first-order valence-corrected chi connectivity index (χ1v) is 11.1. The molecule has 2 N–H and O–H groups in total. The van der Waals surface area contributed by atoms with Crippen molar-refractivity contribution in [2.75, 3.05) is 26.9 Å². The van der Waals surface area contributed by atoms with Gasteiger partial charge < -0.3 is 24.8 Å². The van der Waals surface area contributed by atoms with Gasteiger partial charge in [0.25, 0.3) is 0 Å². The number of carbonyl (C=O) groups excluding carboxylic acids is 2. The van der Waals surface area contributed by atoms with Crippen molar-refractivity contribution in [3.8, 4) is 11.1 Å². The highest BCUT2D eigenvalue weighted by atomic mass is 16.5. The summed E-state index contributed by atoms with van der Waals surface area (Å²) in [5.41, 5.74) is 4.42. The first-order chi connectivity index (χ1) is 15.9. The van der Waals surface area contributed by atoms with Crippen LogP contribution in [0.25, 0.3) is 11.1 Å². The molecule has 4 rings (SSSR count). The van der Waals surface area contributed by atoms with E-state index in [9.17, 15) is 19.5 Å². The lowest BCUT2D eigenvalue weighted by molar-refractivity contribution is -0.150. The van der Waals surface area contributed by atoms with E-state index in [0.29, 0.717) is 13.0 Å². The molecular weight excluding hydrogens is 424 g/mol. The lowest BCUT2D eigenvalue weighted by Crippen LogP contribution is -2.54. The van der Waals surface area contributed by atoms with Gasteiger partial charge in [-0.15, -0.1) is 0 Å². The van der Waals surface area contributed by atoms with Crippen LogP contribution in [0, 0.1) is 5.92 Å². The van der Waals surface area contributed by atoms with Gasteiger partial charge in [-0.2, -0.15) is 0 Å². The van der Waals surface area contributed by atoms with E-state index in [1.54, 1.807) is 6.92 Å². The SMILES string of the molecule is COCC(NC(=O)OCC1c2ccccc2-c2ccccc21)C(=O)N1CCC(C)C1C(=O)O. The van der Waals surface area contributed by atoms with E-state index >= 15 is 0 Å². The van der Waals surface area contributed by atoms with Gasteiger partial charge in [0.05, 0.1) is 6.61 Å². The second kappa shape index (κ2) is 9.62. The number of carboxylic acid groups (broad SMARTS) is 1. The number of likely N-dealkylation sites (tertiary alicyclic amines) is 1. The summed E-state index contributed by atoms with van der Waals surface area (Å²) in [5, 5.41) is 12.1. The van der Waals surface area contributed by atoms with E-state index in [1.165, 1.54) is 12.0 Å². The summed E-state index contributed by atoms with van der Waals surface area (Å²) in [6.45, 7) is 2.16. The summed E-state index contributed by atoms with van der Waals surface area (Å²) < 4.78 is 10.6. The quantitative estimate of drug-likeness (QED) is 0.669.